The first-order chi connectivity index (χ1) is 10.3. The van der Waals surface area contributed by atoms with Crippen LogP contribution < -0.4 is 11.1 Å². The van der Waals surface area contributed by atoms with Gasteiger partial charge in [-0.15, -0.1) is 0 Å². The van der Waals surface area contributed by atoms with Crippen molar-refractivity contribution >= 4 is 11.6 Å². The molecule has 1 aliphatic rings. The molecule has 2 unspecified atom stereocenters. The summed E-state index contributed by atoms with van der Waals surface area (Å²) in [6, 6.07) is 19.1. The number of benzene rings is 2. The van der Waals surface area contributed by atoms with E-state index in [0.717, 1.165) is 18.5 Å². The summed E-state index contributed by atoms with van der Waals surface area (Å²) in [6.45, 7) is 2.14. The van der Waals surface area contributed by atoms with Crippen LogP contribution in [0.2, 0.25) is 0 Å². The molecule has 0 spiro atoms. The van der Waals surface area contributed by atoms with E-state index >= 15 is 0 Å². The zero-order valence-corrected chi connectivity index (χ0v) is 12.3. The van der Waals surface area contributed by atoms with Gasteiger partial charge in [0.05, 0.1) is 6.04 Å². The lowest BCUT2D eigenvalue weighted by atomic mass is 10.1. The number of rotatable bonds is 4. The first-order valence-corrected chi connectivity index (χ1v) is 7.50. The van der Waals surface area contributed by atoms with Crippen LogP contribution in [0.3, 0.4) is 0 Å². The van der Waals surface area contributed by atoms with Crippen LogP contribution in [0, 0.1) is 0 Å². The average molecular weight is 279 g/mol. The van der Waals surface area contributed by atoms with Crippen molar-refractivity contribution in [2.45, 2.75) is 31.7 Å². The van der Waals surface area contributed by atoms with Crippen molar-refractivity contribution in [2.75, 3.05) is 5.32 Å². The Bertz CT molecular complexity index is 634. The molecule has 3 rings (SSSR count). The normalized spacial score (nSPS) is 21.1. The van der Waals surface area contributed by atoms with Gasteiger partial charge in [-0.3, -0.25) is 0 Å². The largest absolute Gasteiger partial charge is 0.370 e. The van der Waals surface area contributed by atoms with Gasteiger partial charge in [-0.2, -0.15) is 0 Å². The van der Waals surface area contributed by atoms with Crippen molar-refractivity contribution in [3.8, 4) is 0 Å². The highest BCUT2D eigenvalue weighted by molar-refractivity contribution is 5.92. The third kappa shape index (κ3) is 3.43. The molecule has 108 valence electrons. The number of anilines is 1. The second-order valence-electron chi connectivity index (χ2n) is 5.51. The van der Waals surface area contributed by atoms with E-state index in [1.807, 2.05) is 18.2 Å². The van der Waals surface area contributed by atoms with Crippen molar-refractivity contribution < 1.29 is 0 Å². The van der Waals surface area contributed by atoms with Gasteiger partial charge in [-0.25, -0.2) is 4.99 Å². The van der Waals surface area contributed by atoms with E-state index in [1.54, 1.807) is 0 Å². The number of hydrogen-bond acceptors (Lipinski definition) is 1. The highest BCUT2D eigenvalue weighted by Crippen LogP contribution is 2.43. The van der Waals surface area contributed by atoms with Gasteiger partial charge in [-0.1, -0.05) is 49.4 Å². The zero-order chi connectivity index (χ0) is 14.7. The summed E-state index contributed by atoms with van der Waals surface area (Å²) < 4.78 is 0. The standard InChI is InChI=1S/C18H21N3/c1-2-13-7-6-10-15(11-13)20-18(19)21-17-12-16(17)14-8-4-3-5-9-14/h3-11,16-17H,2,12H2,1H3,(H3,19,20,21). The average Bonchev–Trinajstić information content (AvgIpc) is 3.27. The minimum atomic E-state index is 0.314. The highest BCUT2D eigenvalue weighted by atomic mass is 15.1. The van der Waals surface area contributed by atoms with E-state index in [4.69, 9.17) is 5.73 Å². The Morgan fingerprint density at radius 3 is 2.76 bits per heavy atom. The number of nitrogens with one attached hydrogen (secondary N) is 1. The molecule has 2 atom stereocenters. The van der Waals surface area contributed by atoms with Crippen molar-refractivity contribution in [1.82, 2.24) is 0 Å². The molecule has 0 amide bonds. The summed E-state index contributed by atoms with van der Waals surface area (Å²) >= 11 is 0. The SMILES string of the molecule is CCc1cccc(NC(N)=NC2CC2c2ccccc2)c1. The number of nitrogens with two attached hydrogens (primary N) is 1. The van der Waals surface area contributed by atoms with E-state index in [1.165, 1.54) is 11.1 Å². The Balaban J connectivity index is 1.62. The fourth-order valence-electron chi connectivity index (χ4n) is 2.61. The molecule has 2 aromatic rings. The van der Waals surface area contributed by atoms with Gasteiger partial charge in [0, 0.05) is 11.6 Å². The summed E-state index contributed by atoms with van der Waals surface area (Å²) in [6.07, 6.45) is 2.10. The molecule has 1 saturated carbocycles. The van der Waals surface area contributed by atoms with Gasteiger partial charge < -0.3 is 11.1 Å². The Kier molecular flexibility index (Phi) is 3.91. The minimum absolute atomic E-state index is 0.314. The minimum Gasteiger partial charge on any atom is -0.370 e. The molecule has 1 aliphatic carbocycles. The molecule has 2 aromatic carbocycles. The van der Waals surface area contributed by atoms with Gasteiger partial charge in [0.2, 0.25) is 0 Å². The molecule has 3 heteroatoms. The molecular weight excluding hydrogens is 258 g/mol. The van der Waals surface area contributed by atoms with Crippen LogP contribution in [-0.4, -0.2) is 12.0 Å². The number of aryl methyl sites for hydroxylation is 1. The molecule has 1 fully saturated rings. The molecule has 0 heterocycles. The van der Waals surface area contributed by atoms with E-state index in [-0.39, 0.29) is 0 Å². The summed E-state index contributed by atoms with van der Waals surface area (Å²) in [5.74, 6) is 1.03. The van der Waals surface area contributed by atoms with Gasteiger partial charge in [0.15, 0.2) is 5.96 Å². The van der Waals surface area contributed by atoms with Gasteiger partial charge in [-0.05, 0) is 36.1 Å². The smallest absolute Gasteiger partial charge is 0.193 e. The fraction of sp³-hybridized carbons (Fsp3) is 0.278. The molecule has 0 radical (unpaired) electrons. The molecule has 0 aliphatic heterocycles. The van der Waals surface area contributed by atoms with Gasteiger partial charge in [0.25, 0.3) is 0 Å². The number of guanidine groups is 1. The fourth-order valence-corrected chi connectivity index (χ4v) is 2.61. The highest BCUT2D eigenvalue weighted by Gasteiger charge is 2.38. The topological polar surface area (TPSA) is 50.4 Å². The number of hydrogen-bond donors (Lipinski definition) is 2. The Morgan fingerprint density at radius 1 is 1.19 bits per heavy atom. The van der Waals surface area contributed by atoms with Crippen molar-refractivity contribution in [2.24, 2.45) is 10.7 Å². The van der Waals surface area contributed by atoms with Crippen LogP contribution in [-0.2, 0) is 6.42 Å². The monoisotopic (exact) mass is 279 g/mol. The first kappa shape index (κ1) is 13.7. The third-order valence-electron chi connectivity index (χ3n) is 3.90. The predicted octanol–water partition coefficient (Wildman–Crippen LogP) is 3.53. The van der Waals surface area contributed by atoms with Crippen LogP contribution in [0.4, 0.5) is 5.69 Å². The van der Waals surface area contributed by atoms with Gasteiger partial charge in [0.1, 0.15) is 0 Å². The van der Waals surface area contributed by atoms with Crippen molar-refractivity contribution in [3.63, 3.8) is 0 Å². The van der Waals surface area contributed by atoms with Crippen LogP contribution >= 0.6 is 0 Å². The Morgan fingerprint density at radius 2 is 2.00 bits per heavy atom. The Hall–Kier alpha value is -2.29. The predicted molar refractivity (Wildman–Crippen MR) is 88.7 cm³/mol. The molecule has 0 bridgehead atoms. The van der Waals surface area contributed by atoms with Crippen LogP contribution in [0.5, 0.6) is 0 Å². The zero-order valence-electron chi connectivity index (χ0n) is 12.3. The van der Waals surface area contributed by atoms with E-state index in [9.17, 15) is 0 Å². The Labute approximate surface area is 125 Å². The second-order valence-corrected chi connectivity index (χ2v) is 5.51. The number of nitrogens with zero attached hydrogens (tertiary/aromatic N) is 1. The molecule has 3 N–H and O–H groups in total. The summed E-state index contributed by atoms with van der Waals surface area (Å²) in [7, 11) is 0. The lowest BCUT2D eigenvalue weighted by Gasteiger charge is -2.07. The van der Waals surface area contributed by atoms with E-state index in [0.29, 0.717) is 17.9 Å². The second kappa shape index (κ2) is 6.00. The third-order valence-corrected chi connectivity index (χ3v) is 3.90. The quantitative estimate of drug-likeness (QED) is 0.664. The molecular formula is C18H21N3. The van der Waals surface area contributed by atoms with Crippen LogP contribution in [0.1, 0.15) is 30.4 Å². The first-order valence-electron chi connectivity index (χ1n) is 7.50. The summed E-state index contributed by atoms with van der Waals surface area (Å²) in [4.78, 5) is 4.58. The van der Waals surface area contributed by atoms with Crippen molar-refractivity contribution in [3.05, 3.63) is 65.7 Å². The summed E-state index contributed by atoms with van der Waals surface area (Å²) in [5.41, 5.74) is 9.67. The van der Waals surface area contributed by atoms with Crippen LogP contribution in [0.15, 0.2) is 59.6 Å². The van der Waals surface area contributed by atoms with Gasteiger partial charge >= 0.3 is 0 Å². The maximum absolute atomic E-state index is 6.02. The van der Waals surface area contributed by atoms with Crippen LogP contribution in [0.25, 0.3) is 0 Å². The van der Waals surface area contributed by atoms with Crippen molar-refractivity contribution in [1.29, 1.82) is 0 Å². The molecule has 0 aromatic heterocycles. The number of aliphatic imine (C=N–C) groups is 1. The lowest BCUT2D eigenvalue weighted by molar-refractivity contribution is 0.985. The van der Waals surface area contributed by atoms with E-state index < -0.39 is 0 Å². The molecule has 21 heavy (non-hydrogen) atoms. The molecule has 0 saturated heterocycles. The maximum atomic E-state index is 6.02. The lowest BCUT2D eigenvalue weighted by Crippen LogP contribution is -2.23. The van der Waals surface area contributed by atoms with E-state index in [2.05, 4.69) is 53.6 Å². The molecule has 3 nitrogen and oxygen atoms in total. The summed E-state index contributed by atoms with van der Waals surface area (Å²) in [5, 5.41) is 3.19. The maximum Gasteiger partial charge on any atom is 0.193 e.